The highest BCUT2D eigenvalue weighted by Crippen LogP contribution is 2.22. The van der Waals surface area contributed by atoms with Crippen molar-refractivity contribution in [3.8, 4) is 0 Å². The summed E-state index contributed by atoms with van der Waals surface area (Å²) < 4.78 is 15.7. The van der Waals surface area contributed by atoms with Crippen molar-refractivity contribution in [2.45, 2.75) is 38.4 Å². The summed E-state index contributed by atoms with van der Waals surface area (Å²) in [5.74, 6) is 1.08. The lowest BCUT2D eigenvalue weighted by Crippen LogP contribution is -2.30. The molecule has 1 aromatic heterocycles. The van der Waals surface area contributed by atoms with Gasteiger partial charge in [0, 0.05) is 24.0 Å². The van der Waals surface area contributed by atoms with Gasteiger partial charge in [-0.1, -0.05) is 25.6 Å². The molecule has 9 heteroatoms. The van der Waals surface area contributed by atoms with Crippen molar-refractivity contribution < 1.29 is 9.18 Å². The highest BCUT2D eigenvalue weighted by Gasteiger charge is 2.12. The van der Waals surface area contributed by atoms with E-state index in [1.54, 1.807) is 11.8 Å². The normalized spacial score (nSPS) is 11.0. The number of nitrogens with zero attached hydrogens (tertiary/aromatic N) is 3. The fourth-order valence-electron chi connectivity index (χ4n) is 2.41. The smallest absolute Gasteiger partial charge is 0.319 e. The Morgan fingerprint density at radius 2 is 2.15 bits per heavy atom. The fourth-order valence-corrected chi connectivity index (χ4v) is 3.38. The van der Waals surface area contributed by atoms with Crippen LogP contribution in [0.3, 0.4) is 0 Å². The van der Waals surface area contributed by atoms with E-state index in [1.807, 2.05) is 6.26 Å². The molecule has 0 spiro atoms. The lowest BCUT2D eigenvalue weighted by molar-refractivity contribution is 0.252. The molecule has 0 radical (unpaired) electrons. The number of benzene rings is 1. The Balaban J connectivity index is 1.81. The molecule has 2 amide bonds. The van der Waals surface area contributed by atoms with Crippen LogP contribution in [0.15, 0.2) is 27.8 Å². The van der Waals surface area contributed by atoms with Gasteiger partial charge in [0.25, 0.3) is 0 Å². The molecule has 0 atom stereocenters. The predicted molar refractivity (Wildman–Crippen MR) is 106 cm³/mol. The first-order chi connectivity index (χ1) is 12.4. The maximum absolute atomic E-state index is 13.1. The zero-order chi connectivity index (χ0) is 19.1. The van der Waals surface area contributed by atoms with Crippen molar-refractivity contribution >= 4 is 39.4 Å². The van der Waals surface area contributed by atoms with Crippen LogP contribution in [0.25, 0.3) is 0 Å². The zero-order valence-electron chi connectivity index (χ0n) is 15.1. The number of carbonyl (C=O) groups is 1. The van der Waals surface area contributed by atoms with E-state index in [-0.39, 0.29) is 11.8 Å². The van der Waals surface area contributed by atoms with Crippen molar-refractivity contribution in [3.63, 3.8) is 0 Å². The van der Waals surface area contributed by atoms with Crippen molar-refractivity contribution in [2.75, 3.05) is 18.1 Å². The second kappa shape index (κ2) is 9.91. The number of aromatic nitrogens is 3. The van der Waals surface area contributed by atoms with Crippen LogP contribution in [-0.2, 0) is 13.0 Å². The minimum absolute atomic E-state index is 0.328. The molecule has 2 aromatic rings. The fraction of sp³-hybridized carbons (Fsp3) is 0.471. The molecular formula is C17H23BrFN5OS. The van der Waals surface area contributed by atoms with Crippen LogP contribution in [0.1, 0.15) is 26.1 Å². The molecule has 0 unspecified atom stereocenters. The largest absolute Gasteiger partial charge is 0.338 e. The number of nitrogens with one attached hydrogen (secondary N) is 2. The van der Waals surface area contributed by atoms with E-state index in [0.717, 1.165) is 30.4 Å². The topological polar surface area (TPSA) is 71.8 Å². The molecule has 142 valence electrons. The van der Waals surface area contributed by atoms with Gasteiger partial charge < -0.3 is 15.2 Å². The van der Waals surface area contributed by atoms with Gasteiger partial charge in [-0.3, -0.25) is 0 Å². The van der Waals surface area contributed by atoms with Gasteiger partial charge in [-0.05, 0) is 52.7 Å². The first-order valence-corrected chi connectivity index (χ1v) is 10.4. The molecule has 0 saturated carbocycles. The van der Waals surface area contributed by atoms with E-state index in [0.29, 0.717) is 22.6 Å². The van der Waals surface area contributed by atoms with Crippen molar-refractivity contribution in [1.82, 2.24) is 20.1 Å². The van der Waals surface area contributed by atoms with Gasteiger partial charge >= 0.3 is 6.03 Å². The van der Waals surface area contributed by atoms with E-state index in [9.17, 15) is 9.18 Å². The summed E-state index contributed by atoms with van der Waals surface area (Å²) in [7, 11) is 0. The molecule has 1 aromatic carbocycles. The molecule has 6 nitrogen and oxygen atoms in total. The van der Waals surface area contributed by atoms with Gasteiger partial charge in [0.15, 0.2) is 5.16 Å². The number of rotatable bonds is 8. The minimum atomic E-state index is -0.363. The third kappa shape index (κ3) is 5.98. The van der Waals surface area contributed by atoms with Gasteiger partial charge in [0.2, 0.25) is 0 Å². The first kappa shape index (κ1) is 20.7. The predicted octanol–water partition coefficient (Wildman–Crippen LogP) is 4.31. The second-order valence-electron chi connectivity index (χ2n) is 6.22. The van der Waals surface area contributed by atoms with Gasteiger partial charge in [-0.2, -0.15) is 0 Å². The number of hydrogen-bond donors (Lipinski definition) is 2. The molecule has 0 bridgehead atoms. The van der Waals surface area contributed by atoms with Gasteiger partial charge in [0.1, 0.15) is 11.6 Å². The van der Waals surface area contributed by atoms with Crippen LogP contribution in [0.2, 0.25) is 0 Å². The average molecular weight is 444 g/mol. The third-order valence-electron chi connectivity index (χ3n) is 3.57. The summed E-state index contributed by atoms with van der Waals surface area (Å²) in [6.45, 7) is 5.71. The van der Waals surface area contributed by atoms with E-state index in [4.69, 9.17) is 0 Å². The van der Waals surface area contributed by atoms with Crippen LogP contribution < -0.4 is 10.6 Å². The maximum Gasteiger partial charge on any atom is 0.319 e. The number of amides is 2. The molecule has 0 aliphatic rings. The van der Waals surface area contributed by atoms with Crippen LogP contribution in [0.5, 0.6) is 0 Å². The van der Waals surface area contributed by atoms with Gasteiger partial charge in [0.05, 0.1) is 5.69 Å². The van der Waals surface area contributed by atoms with Gasteiger partial charge in [-0.25, -0.2) is 9.18 Å². The van der Waals surface area contributed by atoms with E-state index in [2.05, 4.69) is 55.2 Å². The molecular weight excluding hydrogens is 421 g/mol. The summed E-state index contributed by atoms with van der Waals surface area (Å²) in [4.78, 5) is 12.0. The van der Waals surface area contributed by atoms with Crippen LogP contribution in [-0.4, -0.2) is 33.6 Å². The Labute approximate surface area is 165 Å². The van der Waals surface area contributed by atoms with Crippen LogP contribution >= 0.6 is 27.7 Å². The minimum Gasteiger partial charge on any atom is -0.338 e. The second-order valence-corrected chi connectivity index (χ2v) is 7.84. The van der Waals surface area contributed by atoms with E-state index >= 15 is 0 Å². The maximum atomic E-state index is 13.1. The lowest BCUT2D eigenvalue weighted by Gasteiger charge is -2.12. The van der Waals surface area contributed by atoms with Crippen molar-refractivity contribution in [3.05, 3.63) is 34.3 Å². The average Bonchev–Trinajstić information content (AvgIpc) is 2.95. The quantitative estimate of drug-likeness (QED) is 0.470. The molecule has 0 saturated heterocycles. The van der Waals surface area contributed by atoms with Gasteiger partial charge in [-0.15, -0.1) is 10.2 Å². The van der Waals surface area contributed by atoms with E-state index < -0.39 is 0 Å². The Morgan fingerprint density at radius 3 is 2.81 bits per heavy atom. The van der Waals surface area contributed by atoms with Crippen LogP contribution in [0, 0.1) is 11.7 Å². The molecule has 1 heterocycles. The first-order valence-electron chi connectivity index (χ1n) is 8.36. The number of thioether (sulfide) groups is 1. The summed E-state index contributed by atoms with van der Waals surface area (Å²) >= 11 is 4.81. The highest BCUT2D eigenvalue weighted by molar-refractivity contribution is 9.10. The van der Waals surface area contributed by atoms with Crippen molar-refractivity contribution in [2.24, 2.45) is 5.92 Å². The number of halogens is 2. The summed E-state index contributed by atoms with van der Waals surface area (Å²) in [5, 5.41) is 14.9. The molecule has 2 rings (SSSR count). The lowest BCUT2D eigenvalue weighted by atomic mass is 10.2. The number of urea groups is 1. The SMILES string of the molecule is CSc1nnc(CCCNC(=O)Nc2ccc(F)cc2Br)n1CC(C)C. The molecule has 0 aliphatic carbocycles. The standard InChI is InChI=1S/C17H23BrFN5OS/c1-11(2)10-24-15(22-23-17(24)26-3)5-4-8-20-16(25)21-14-7-6-12(19)9-13(14)18/h6-7,9,11H,4-5,8,10H2,1-3H3,(H2,20,21,25). The Hall–Kier alpha value is -1.61. The number of anilines is 1. The molecule has 26 heavy (non-hydrogen) atoms. The van der Waals surface area contributed by atoms with Crippen molar-refractivity contribution in [1.29, 1.82) is 0 Å². The summed E-state index contributed by atoms with van der Waals surface area (Å²) in [5.41, 5.74) is 0.519. The molecule has 0 fully saturated rings. The Morgan fingerprint density at radius 1 is 1.38 bits per heavy atom. The Kier molecular flexibility index (Phi) is 7.89. The Bertz CT molecular complexity index is 753. The molecule has 2 N–H and O–H groups in total. The molecule has 0 aliphatic heterocycles. The number of aryl methyl sites for hydroxylation is 1. The third-order valence-corrected chi connectivity index (χ3v) is 4.89. The zero-order valence-corrected chi connectivity index (χ0v) is 17.5. The number of hydrogen-bond acceptors (Lipinski definition) is 4. The summed E-state index contributed by atoms with van der Waals surface area (Å²) in [6, 6.07) is 3.79. The summed E-state index contributed by atoms with van der Waals surface area (Å²) in [6.07, 6.45) is 3.48. The van der Waals surface area contributed by atoms with Crippen LogP contribution in [0.4, 0.5) is 14.9 Å². The highest BCUT2D eigenvalue weighted by atomic mass is 79.9. The number of carbonyl (C=O) groups excluding carboxylic acids is 1. The van der Waals surface area contributed by atoms with E-state index in [1.165, 1.54) is 18.2 Å². The monoisotopic (exact) mass is 443 g/mol.